The average molecular weight is 301 g/mol. The molecule has 0 saturated heterocycles. The van der Waals surface area contributed by atoms with Gasteiger partial charge in [0.15, 0.2) is 0 Å². The molecule has 1 N–H and O–H groups in total. The Kier molecular flexibility index (Phi) is 3.19. The Labute approximate surface area is 125 Å². The molecule has 1 amide bonds. The molecule has 5 nitrogen and oxygen atoms in total. The molecular formula is C15H9ClN2O3. The van der Waals surface area contributed by atoms with Crippen LogP contribution in [0.4, 0.5) is 11.4 Å². The fourth-order valence-corrected chi connectivity index (χ4v) is 2.43. The molecule has 0 unspecified atom stereocenters. The molecule has 0 aliphatic carbocycles. The van der Waals surface area contributed by atoms with E-state index < -0.39 is 4.92 Å². The molecule has 0 bridgehead atoms. The number of hydrogen-bond donors (Lipinski definition) is 1. The van der Waals surface area contributed by atoms with Crippen molar-refractivity contribution < 1.29 is 9.72 Å². The summed E-state index contributed by atoms with van der Waals surface area (Å²) in [6, 6.07) is 12.0. The molecule has 3 rings (SSSR count). The molecule has 2 aromatic rings. The van der Waals surface area contributed by atoms with Crippen LogP contribution in [0.5, 0.6) is 0 Å². The summed E-state index contributed by atoms with van der Waals surface area (Å²) in [5.41, 5.74) is 1.98. The van der Waals surface area contributed by atoms with Gasteiger partial charge < -0.3 is 5.32 Å². The van der Waals surface area contributed by atoms with Crippen LogP contribution in [-0.2, 0) is 4.79 Å². The number of carbonyl (C=O) groups is 1. The number of nitrogens with one attached hydrogen (secondary N) is 1. The van der Waals surface area contributed by atoms with Crippen LogP contribution in [0.15, 0.2) is 42.5 Å². The van der Waals surface area contributed by atoms with Crippen LogP contribution >= 0.6 is 11.6 Å². The zero-order chi connectivity index (χ0) is 15.0. The molecular weight excluding hydrogens is 292 g/mol. The highest BCUT2D eigenvalue weighted by Gasteiger charge is 2.28. The van der Waals surface area contributed by atoms with Crippen molar-refractivity contribution in [1.82, 2.24) is 0 Å². The maximum Gasteiger partial charge on any atom is 0.288 e. The number of amides is 1. The highest BCUT2D eigenvalue weighted by Crippen LogP contribution is 2.39. The Balaban J connectivity index is 2.15. The third kappa shape index (κ3) is 2.39. The Hall–Kier alpha value is -2.66. The van der Waals surface area contributed by atoms with Gasteiger partial charge in [0, 0.05) is 17.2 Å². The summed E-state index contributed by atoms with van der Waals surface area (Å²) in [6.07, 6.45) is 1.69. The van der Waals surface area contributed by atoms with Crippen molar-refractivity contribution in [2.24, 2.45) is 0 Å². The van der Waals surface area contributed by atoms with Gasteiger partial charge in [-0.3, -0.25) is 14.9 Å². The lowest BCUT2D eigenvalue weighted by molar-refractivity contribution is -0.384. The highest BCUT2D eigenvalue weighted by molar-refractivity contribution is 6.37. The van der Waals surface area contributed by atoms with E-state index in [0.717, 1.165) is 5.56 Å². The van der Waals surface area contributed by atoms with Crippen LogP contribution in [0.3, 0.4) is 0 Å². The van der Waals surface area contributed by atoms with Gasteiger partial charge in [0.2, 0.25) is 0 Å². The maximum absolute atomic E-state index is 12.0. The van der Waals surface area contributed by atoms with Gasteiger partial charge in [-0.1, -0.05) is 41.9 Å². The van der Waals surface area contributed by atoms with Crippen LogP contribution < -0.4 is 5.32 Å². The van der Waals surface area contributed by atoms with Crippen LogP contribution in [0.2, 0.25) is 5.02 Å². The third-order valence-electron chi connectivity index (χ3n) is 3.18. The molecule has 6 heteroatoms. The first-order chi connectivity index (χ1) is 10.1. The molecule has 0 fully saturated rings. The number of fused-ring (bicyclic) bond motifs is 1. The molecule has 1 aliphatic heterocycles. The summed E-state index contributed by atoms with van der Waals surface area (Å²) in [5.74, 6) is -0.301. The lowest BCUT2D eigenvalue weighted by Gasteiger charge is -2.01. The van der Waals surface area contributed by atoms with E-state index in [2.05, 4.69) is 5.32 Å². The Bertz CT molecular complexity index is 785. The van der Waals surface area contributed by atoms with Crippen molar-refractivity contribution in [3.63, 3.8) is 0 Å². The van der Waals surface area contributed by atoms with Gasteiger partial charge in [-0.05, 0) is 17.7 Å². The van der Waals surface area contributed by atoms with Crippen LogP contribution in [-0.4, -0.2) is 10.8 Å². The largest absolute Gasteiger partial charge is 0.321 e. The first-order valence-electron chi connectivity index (χ1n) is 6.12. The smallest absolute Gasteiger partial charge is 0.288 e. The predicted octanol–water partition coefficient (Wildman–Crippen LogP) is 3.74. The van der Waals surface area contributed by atoms with Gasteiger partial charge in [0.25, 0.3) is 11.6 Å². The molecule has 1 heterocycles. The lowest BCUT2D eigenvalue weighted by atomic mass is 10.0. The van der Waals surface area contributed by atoms with Crippen molar-refractivity contribution in [2.45, 2.75) is 0 Å². The molecule has 0 radical (unpaired) electrons. The number of anilines is 1. The van der Waals surface area contributed by atoms with E-state index in [4.69, 9.17) is 11.6 Å². The van der Waals surface area contributed by atoms with Gasteiger partial charge in [-0.15, -0.1) is 0 Å². The number of nitrogens with zero attached hydrogens (tertiary/aromatic N) is 1. The summed E-state index contributed by atoms with van der Waals surface area (Å²) in [5, 5.41) is 13.6. The summed E-state index contributed by atoms with van der Waals surface area (Å²) < 4.78 is 0. The van der Waals surface area contributed by atoms with Gasteiger partial charge in [0.05, 0.1) is 10.6 Å². The summed E-state index contributed by atoms with van der Waals surface area (Å²) in [6.45, 7) is 0. The zero-order valence-electron chi connectivity index (χ0n) is 10.7. The molecule has 0 spiro atoms. The van der Waals surface area contributed by atoms with Crippen LogP contribution in [0, 0.1) is 10.1 Å². The Morgan fingerprint density at radius 2 is 1.90 bits per heavy atom. The highest BCUT2D eigenvalue weighted by atomic mass is 35.5. The van der Waals surface area contributed by atoms with E-state index in [-0.39, 0.29) is 16.6 Å². The molecule has 0 atom stereocenters. The fourth-order valence-electron chi connectivity index (χ4n) is 2.20. The quantitative estimate of drug-likeness (QED) is 0.521. The van der Waals surface area contributed by atoms with E-state index in [0.29, 0.717) is 16.8 Å². The summed E-state index contributed by atoms with van der Waals surface area (Å²) in [4.78, 5) is 22.4. The molecule has 0 aromatic heterocycles. The van der Waals surface area contributed by atoms with Crippen LogP contribution in [0.25, 0.3) is 11.6 Å². The molecule has 0 saturated carbocycles. The SMILES string of the molecule is O=C1Nc2cc(Cl)c([N+](=O)[O-])cc2/C1=C\c1ccccc1. The van der Waals surface area contributed by atoms with Gasteiger partial charge in [-0.2, -0.15) is 0 Å². The van der Waals surface area contributed by atoms with Crippen molar-refractivity contribution in [3.05, 3.63) is 68.7 Å². The number of halogens is 1. The summed E-state index contributed by atoms with van der Waals surface area (Å²) in [7, 11) is 0. The number of nitro groups is 1. The Morgan fingerprint density at radius 1 is 1.19 bits per heavy atom. The minimum atomic E-state index is -0.564. The topological polar surface area (TPSA) is 72.2 Å². The minimum Gasteiger partial charge on any atom is -0.321 e. The van der Waals surface area contributed by atoms with Gasteiger partial charge in [-0.25, -0.2) is 0 Å². The number of nitro benzene ring substituents is 1. The van der Waals surface area contributed by atoms with E-state index in [1.54, 1.807) is 6.08 Å². The predicted molar refractivity (Wildman–Crippen MR) is 81.0 cm³/mol. The van der Waals surface area contributed by atoms with E-state index in [1.807, 2.05) is 30.3 Å². The first kappa shape index (κ1) is 13.3. The lowest BCUT2D eigenvalue weighted by Crippen LogP contribution is -2.03. The second-order valence-corrected chi connectivity index (χ2v) is 4.94. The van der Waals surface area contributed by atoms with Gasteiger partial charge >= 0.3 is 0 Å². The van der Waals surface area contributed by atoms with Crippen molar-refractivity contribution >= 4 is 40.5 Å². The number of carbonyl (C=O) groups excluding carboxylic acids is 1. The Morgan fingerprint density at radius 3 is 2.57 bits per heavy atom. The second kappa shape index (κ2) is 5.03. The van der Waals surface area contributed by atoms with Crippen molar-refractivity contribution in [3.8, 4) is 0 Å². The van der Waals surface area contributed by atoms with E-state index in [1.165, 1.54) is 12.1 Å². The fraction of sp³-hybridized carbons (Fsp3) is 0. The van der Waals surface area contributed by atoms with Crippen molar-refractivity contribution in [2.75, 3.05) is 5.32 Å². The van der Waals surface area contributed by atoms with E-state index in [9.17, 15) is 14.9 Å². The average Bonchev–Trinajstić information content (AvgIpc) is 2.74. The van der Waals surface area contributed by atoms with Crippen LogP contribution in [0.1, 0.15) is 11.1 Å². The standard InChI is InChI=1S/C15H9ClN2O3/c16-12-8-13-10(7-14(12)18(20)21)11(15(19)17-13)6-9-4-2-1-3-5-9/h1-8H,(H,17,19)/b11-6+. The maximum atomic E-state index is 12.0. The number of rotatable bonds is 2. The van der Waals surface area contributed by atoms with E-state index >= 15 is 0 Å². The molecule has 1 aliphatic rings. The number of hydrogen-bond acceptors (Lipinski definition) is 3. The monoisotopic (exact) mass is 300 g/mol. The van der Waals surface area contributed by atoms with Crippen molar-refractivity contribution in [1.29, 1.82) is 0 Å². The zero-order valence-corrected chi connectivity index (χ0v) is 11.4. The first-order valence-corrected chi connectivity index (χ1v) is 6.50. The summed E-state index contributed by atoms with van der Waals surface area (Å²) >= 11 is 5.85. The van der Waals surface area contributed by atoms with Gasteiger partial charge in [0.1, 0.15) is 5.02 Å². The minimum absolute atomic E-state index is 0.0000103. The molecule has 2 aromatic carbocycles. The number of benzene rings is 2. The second-order valence-electron chi connectivity index (χ2n) is 4.53. The normalized spacial score (nSPS) is 14.9. The third-order valence-corrected chi connectivity index (χ3v) is 3.48. The molecule has 104 valence electrons. The molecule has 21 heavy (non-hydrogen) atoms.